The van der Waals surface area contributed by atoms with Crippen molar-refractivity contribution in [3.63, 3.8) is 0 Å². The summed E-state index contributed by atoms with van der Waals surface area (Å²) in [6, 6.07) is 2.11. The second-order valence-corrected chi connectivity index (χ2v) is 3.49. The molecule has 0 aliphatic heterocycles. The molecular formula is C11H10F2N2. The van der Waals surface area contributed by atoms with Gasteiger partial charge in [-0.25, -0.2) is 13.8 Å². The van der Waals surface area contributed by atoms with E-state index in [9.17, 15) is 8.78 Å². The highest BCUT2D eigenvalue weighted by molar-refractivity contribution is 5.92. The van der Waals surface area contributed by atoms with Crippen LogP contribution in [0, 0.1) is 25.5 Å². The Morgan fingerprint density at radius 3 is 2.40 bits per heavy atom. The number of aryl methyl sites for hydroxylation is 1. The number of benzene rings is 1. The van der Waals surface area contributed by atoms with E-state index in [1.807, 2.05) is 0 Å². The number of hydrogen-bond acceptors (Lipinski definition) is 2. The topological polar surface area (TPSA) is 38.9 Å². The summed E-state index contributed by atoms with van der Waals surface area (Å²) in [5.41, 5.74) is 7.30. The molecule has 1 heterocycles. The van der Waals surface area contributed by atoms with E-state index >= 15 is 0 Å². The lowest BCUT2D eigenvalue weighted by Crippen LogP contribution is -2.00. The molecule has 0 saturated heterocycles. The van der Waals surface area contributed by atoms with E-state index in [-0.39, 0.29) is 16.6 Å². The molecular weight excluding hydrogens is 198 g/mol. The first-order chi connectivity index (χ1) is 7.02. The van der Waals surface area contributed by atoms with Gasteiger partial charge in [-0.1, -0.05) is 0 Å². The molecule has 0 bridgehead atoms. The molecule has 0 aliphatic rings. The first-order valence-corrected chi connectivity index (χ1v) is 4.52. The fraction of sp³-hybridized carbons (Fsp3) is 0.182. The van der Waals surface area contributed by atoms with Crippen molar-refractivity contribution in [1.82, 2.24) is 4.98 Å². The quantitative estimate of drug-likeness (QED) is 0.722. The van der Waals surface area contributed by atoms with Gasteiger partial charge in [0.2, 0.25) is 0 Å². The number of fused-ring (bicyclic) bond motifs is 1. The van der Waals surface area contributed by atoms with Crippen LogP contribution in [0.25, 0.3) is 10.9 Å². The van der Waals surface area contributed by atoms with Gasteiger partial charge in [-0.05, 0) is 31.5 Å². The molecule has 2 rings (SSSR count). The lowest BCUT2D eigenvalue weighted by molar-refractivity contribution is 0.615. The summed E-state index contributed by atoms with van der Waals surface area (Å²) in [7, 11) is 0. The largest absolute Gasteiger partial charge is 0.398 e. The molecule has 15 heavy (non-hydrogen) atoms. The summed E-state index contributed by atoms with van der Waals surface area (Å²) >= 11 is 0. The third-order valence-electron chi connectivity index (χ3n) is 2.57. The van der Waals surface area contributed by atoms with Crippen LogP contribution in [-0.2, 0) is 0 Å². The van der Waals surface area contributed by atoms with Crippen LogP contribution in [0.15, 0.2) is 12.1 Å². The molecule has 0 atom stereocenters. The molecule has 0 amide bonds. The molecule has 0 fully saturated rings. The molecule has 2 aromatic rings. The van der Waals surface area contributed by atoms with Crippen molar-refractivity contribution >= 4 is 16.6 Å². The van der Waals surface area contributed by atoms with Crippen LogP contribution in [-0.4, -0.2) is 4.98 Å². The maximum atomic E-state index is 13.5. The third kappa shape index (κ3) is 1.33. The predicted molar refractivity (Wildman–Crippen MR) is 55.5 cm³/mol. The summed E-state index contributed by atoms with van der Waals surface area (Å²) < 4.78 is 26.8. The minimum absolute atomic E-state index is 0.00407. The Morgan fingerprint density at radius 1 is 1.13 bits per heavy atom. The fourth-order valence-electron chi connectivity index (χ4n) is 1.54. The molecule has 0 unspecified atom stereocenters. The average molecular weight is 208 g/mol. The van der Waals surface area contributed by atoms with Crippen LogP contribution < -0.4 is 5.73 Å². The second kappa shape index (κ2) is 3.15. The molecule has 1 aromatic carbocycles. The Labute approximate surface area is 85.7 Å². The Bertz CT molecular complexity index is 550. The van der Waals surface area contributed by atoms with E-state index in [0.29, 0.717) is 11.3 Å². The molecule has 1 aromatic heterocycles. The minimum Gasteiger partial charge on any atom is -0.398 e. The summed E-state index contributed by atoms with van der Waals surface area (Å²) in [6.07, 6.45) is 0. The lowest BCUT2D eigenvalue weighted by Gasteiger charge is -2.09. The van der Waals surface area contributed by atoms with Gasteiger partial charge in [-0.3, -0.25) is 0 Å². The summed E-state index contributed by atoms with van der Waals surface area (Å²) in [5.74, 6) is -1.10. The van der Waals surface area contributed by atoms with Crippen LogP contribution >= 0.6 is 0 Å². The average Bonchev–Trinajstić information content (AvgIpc) is 2.20. The van der Waals surface area contributed by atoms with Crippen LogP contribution in [0.1, 0.15) is 11.3 Å². The summed E-state index contributed by atoms with van der Waals surface area (Å²) in [4.78, 5) is 4.00. The van der Waals surface area contributed by atoms with Crippen molar-refractivity contribution in [3.05, 3.63) is 35.0 Å². The first kappa shape index (κ1) is 9.83. The highest BCUT2D eigenvalue weighted by atomic mass is 19.1. The molecule has 78 valence electrons. The van der Waals surface area contributed by atoms with Gasteiger partial charge >= 0.3 is 0 Å². The smallest absolute Gasteiger partial charge is 0.149 e. The van der Waals surface area contributed by atoms with Crippen molar-refractivity contribution in [2.75, 3.05) is 5.73 Å². The highest BCUT2D eigenvalue weighted by Crippen LogP contribution is 2.28. The standard InChI is InChI=1S/C11H10F2N2/c1-5-6(2)15-11-8(13)4-3-7(12)9(11)10(5)14/h3-4H,1-2H3,(H2,14,15). The molecule has 0 radical (unpaired) electrons. The number of nitrogen functional groups attached to an aromatic ring is 1. The Balaban J connectivity index is 3.04. The van der Waals surface area contributed by atoms with Gasteiger partial charge < -0.3 is 5.73 Å². The van der Waals surface area contributed by atoms with Crippen LogP contribution in [0.4, 0.5) is 14.5 Å². The van der Waals surface area contributed by atoms with E-state index < -0.39 is 11.6 Å². The van der Waals surface area contributed by atoms with Crippen molar-refractivity contribution in [3.8, 4) is 0 Å². The van der Waals surface area contributed by atoms with Crippen LogP contribution in [0.3, 0.4) is 0 Å². The minimum atomic E-state index is -0.554. The van der Waals surface area contributed by atoms with E-state index in [1.54, 1.807) is 13.8 Å². The van der Waals surface area contributed by atoms with E-state index in [4.69, 9.17) is 5.73 Å². The zero-order valence-electron chi connectivity index (χ0n) is 8.44. The van der Waals surface area contributed by atoms with Gasteiger partial charge in [0.25, 0.3) is 0 Å². The number of hydrogen-bond donors (Lipinski definition) is 1. The number of pyridine rings is 1. The number of nitrogens with zero attached hydrogens (tertiary/aromatic N) is 1. The number of aromatic nitrogens is 1. The molecule has 2 nitrogen and oxygen atoms in total. The maximum absolute atomic E-state index is 13.5. The first-order valence-electron chi connectivity index (χ1n) is 4.52. The van der Waals surface area contributed by atoms with Gasteiger partial charge in [0.1, 0.15) is 17.2 Å². The van der Waals surface area contributed by atoms with Crippen molar-refractivity contribution in [2.45, 2.75) is 13.8 Å². The number of halogens is 2. The number of rotatable bonds is 0. The Kier molecular flexibility index (Phi) is 2.07. The molecule has 0 aliphatic carbocycles. The summed E-state index contributed by atoms with van der Waals surface area (Å²) in [5, 5.41) is 0.0677. The van der Waals surface area contributed by atoms with Crippen molar-refractivity contribution in [2.24, 2.45) is 0 Å². The molecule has 0 spiro atoms. The highest BCUT2D eigenvalue weighted by Gasteiger charge is 2.13. The Morgan fingerprint density at radius 2 is 1.73 bits per heavy atom. The van der Waals surface area contributed by atoms with Crippen molar-refractivity contribution < 1.29 is 8.78 Å². The van der Waals surface area contributed by atoms with Gasteiger partial charge in [0, 0.05) is 11.4 Å². The van der Waals surface area contributed by atoms with Gasteiger partial charge in [-0.15, -0.1) is 0 Å². The van der Waals surface area contributed by atoms with E-state index in [2.05, 4.69) is 4.98 Å². The third-order valence-corrected chi connectivity index (χ3v) is 2.57. The van der Waals surface area contributed by atoms with Crippen molar-refractivity contribution in [1.29, 1.82) is 0 Å². The summed E-state index contributed by atoms with van der Waals surface area (Å²) in [6.45, 7) is 3.46. The van der Waals surface area contributed by atoms with E-state index in [1.165, 1.54) is 0 Å². The number of anilines is 1. The van der Waals surface area contributed by atoms with E-state index in [0.717, 1.165) is 12.1 Å². The normalized spacial score (nSPS) is 10.9. The molecule has 4 heteroatoms. The maximum Gasteiger partial charge on any atom is 0.149 e. The Hall–Kier alpha value is -1.71. The lowest BCUT2D eigenvalue weighted by atomic mass is 10.1. The van der Waals surface area contributed by atoms with Crippen LogP contribution in [0.2, 0.25) is 0 Å². The fourth-order valence-corrected chi connectivity index (χ4v) is 1.54. The predicted octanol–water partition coefficient (Wildman–Crippen LogP) is 2.71. The molecule has 0 saturated carbocycles. The monoisotopic (exact) mass is 208 g/mol. The van der Waals surface area contributed by atoms with Gasteiger partial charge in [0.15, 0.2) is 0 Å². The number of nitrogens with two attached hydrogens (primary N) is 1. The SMILES string of the molecule is Cc1nc2c(F)ccc(F)c2c(N)c1C. The van der Waals surface area contributed by atoms with Crippen LogP contribution in [0.5, 0.6) is 0 Å². The molecule has 2 N–H and O–H groups in total. The zero-order chi connectivity index (χ0) is 11.2. The zero-order valence-corrected chi connectivity index (χ0v) is 8.44. The van der Waals surface area contributed by atoms with Gasteiger partial charge in [0.05, 0.1) is 5.39 Å². The van der Waals surface area contributed by atoms with Gasteiger partial charge in [-0.2, -0.15) is 0 Å². The second-order valence-electron chi connectivity index (χ2n) is 3.49.